The first-order valence-electron chi connectivity index (χ1n) is 7.60. The molecule has 0 radical (unpaired) electrons. The van der Waals surface area contributed by atoms with Gasteiger partial charge in [0.15, 0.2) is 0 Å². The number of nitrogens with zero attached hydrogens (tertiary/aromatic N) is 1. The maximum atomic E-state index is 3.51. The van der Waals surface area contributed by atoms with Crippen LogP contribution in [0.15, 0.2) is 0 Å². The summed E-state index contributed by atoms with van der Waals surface area (Å²) in [5, 5.41) is 3.51. The molecule has 2 aliphatic rings. The van der Waals surface area contributed by atoms with E-state index in [0.717, 1.165) is 12.0 Å². The maximum absolute atomic E-state index is 3.51. The Morgan fingerprint density at radius 1 is 1.18 bits per heavy atom. The summed E-state index contributed by atoms with van der Waals surface area (Å²) < 4.78 is 0. The molecule has 2 aliphatic heterocycles. The zero-order valence-corrected chi connectivity index (χ0v) is 12.0. The lowest BCUT2D eigenvalue weighted by Crippen LogP contribution is -2.50. The van der Waals surface area contributed by atoms with Crippen molar-refractivity contribution in [3.8, 4) is 0 Å². The molecule has 17 heavy (non-hydrogen) atoms. The van der Waals surface area contributed by atoms with Crippen molar-refractivity contribution in [1.82, 2.24) is 10.2 Å². The number of likely N-dealkylation sites (tertiary alicyclic amines) is 1. The Balaban J connectivity index is 1.96. The van der Waals surface area contributed by atoms with Crippen molar-refractivity contribution in [3.05, 3.63) is 0 Å². The fourth-order valence-electron chi connectivity index (χ4n) is 3.61. The van der Waals surface area contributed by atoms with Crippen LogP contribution in [-0.4, -0.2) is 37.1 Å². The van der Waals surface area contributed by atoms with E-state index in [9.17, 15) is 0 Å². The molecule has 2 heterocycles. The van der Waals surface area contributed by atoms with Crippen LogP contribution in [0.3, 0.4) is 0 Å². The third kappa shape index (κ3) is 3.23. The summed E-state index contributed by atoms with van der Waals surface area (Å²) >= 11 is 0. The van der Waals surface area contributed by atoms with E-state index < -0.39 is 0 Å². The standard InChI is InChI=1S/C15H30N2/c1-4-15(7-9-16-10-8-15)12-17-11-13(2)5-6-14(17)3/h13-14,16H,4-12H2,1-3H3. The largest absolute Gasteiger partial charge is 0.317 e. The van der Waals surface area contributed by atoms with Crippen molar-refractivity contribution in [2.45, 2.75) is 58.9 Å². The second kappa shape index (κ2) is 5.71. The van der Waals surface area contributed by atoms with Crippen LogP contribution in [0, 0.1) is 11.3 Å². The molecular formula is C15H30N2. The second-order valence-electron chi connectivity index (χ2n) is 6.56. The first-order chi connectivity index (χ1) is 8.15. The molecule has 2 unspecified atom stereocenters. The minimum atomic E-state index is 0.608. The summed E-state index contributed by atoms with van der Waals surface area (Å²) in [6.45, 7) is 12.4. The number of hydrogen-bond donors (Lipinski definition) is 1. The van der Waals surface area contributed by atoms with Gasteiger partial charge in [-0.3, -0.25) is 4.90 Å². The van der Waals surface area contributed by atoms with E-state index in [0.29, 0.717) is 5.41 Å². The van der Waals surface area contributed by atoms with Gasteiger partial charge in [-0.25, -0.2) is 0 Å². The van der Waals surface area contributed by atoms with Gasteiger partial charge in [0, 0.05) is 19.1 Å². The first-order valence-corrected chi connectivity index (χ1v) is 7.60. The van der Waals surface area contributed by atoms with Crippen molar-refractivity contribution in [3.63, 3.8) is 0 Å². The highest BCUT2D eigenvalue weighted by Gasteiger charge is 2.34. The van der Waals surface area contributed by atoms with Gasteiger partial charge in [0.2, 0.25) is 0 Å². The minimum Gasteiger partial charge on any atom is -0.317 e. The first kappa shape index (κ1) is 13.4. The molecule has 0 bridgehead atoms. The van der Waals surface area contributed by atoms with Gasteiger partial charge < -0.3 is 5.32 Å². The van der Waals surface area contributed by atoms with Crippen LogP contribution in [-0.2, 0) is 0 Å². The number of nitrogens with one attached hydrogen (secondary N) is 1. The van der Waals surface area contributed by atoms with Gasteiger partial charge in [0.25, 0.3) is 0 Å². The lowest BCUT2D eigenvalue weighted by atomic mass is 9.75. The second-order valence-corrected chi connectivity index (χ2v) is 6.56. The summed E-state index contributed by atoms with van der Waals surface area (Å²) in [5.41, 5.74) is 0.608. The summed E-state index contributed by atoms with van der Waals surface area (Å²) in [6.07, 6.45) is 6.94. The molecule has 0 aromatic heterocycles. The van der Waals surface area contributed by atoms with Gasteiger partial charge in [-0.15, -0.1) is 0 Å². The smallest absolute Gasteiger partial charge is 0.00673 e. The minimum absolute atomic E-state index is 0.608. The monoisotopic (exact) mass is 238 g/mol. The average Bonchev–Trinajstić information content (AvgIpc) is 2.35. The molecule has 0 aliphatic carbocycles. The summed E-state index contributed by atoms with van der Waals surface area (Å²) in [4.78, 5) is 2.78. The normalized spacial score (nSPS) is 34.8. The van der Waals surface area contributed by atoms with Crippen molar-refractivity contribution >= 4 is 0 Å². The van der Waals surface area contributed by atoms with E-state index in [2.05, 4.69) is 31.0 Å². The molecule has 2 saturated heterocycles. The quantitative estimate of drug-likeness (QED) is 0.813. The average molecular weight is 238 g/mol. The Morgan fingerprint density at radius 2 is 1.88 bits per heavy atom. The lowest BCUT2D eigenvalue weighted by Gasteiger charge is -2.45. The highest BCUT2D eigenvalue weighted by molar-refractivity contribution is 4.89. The molecule has 0 saturated carbocycles. The molecule has 2 fully saturated rings. The zero-order chi connectivity index (χ0) is 12.3. The maximum Gasteiger partial charge on any atom is 0.00673 e. The molecule has 1 N–H and O–H groups in total. The number of rotatable bonds is 3. The van der Waals surface area contributed by atoms with Crippen LogP contribution in [0.1, 0.15) is 52.9 Å². The van der Waals surface area contributed by atoms with Crippen molar-refractivity contribution < 1.29 is 0 Å². The number of hydrogen-bond acceptors (Lipinski definition) is 2. The van der Waals surface area contributed by atoms with Gasteiger partial charge in [0.1, 0.15) is 0 Å². The Kier molecular flexibility index (Phi) is 4.48. The number of piperidine rings is 2. The van der Waals surface area contributed by atoms with Crippen LogP contribution >= 0.6 is 0 Å². The Hall–Kier alpha value is -0.0800. The van der Waals surface area contributed by atoms with Crippen molar-refractivity contribution in [1.29, 1.82) is 0 Å². The van der Waals surface area contributed by atoms with Gasteiger partial charge in [0.05, 0.1) is 0 Å². The highest BCUT2D eigenvalue weighted by Crippen LogP contribution is 2.35. The summed E-state index contributed by atoms with van der Waals surface area (Å²) in [6, 6.07) is 0.810. The summed E-state index contributed by atoms with van der Waals surface area (Å²) in [7, 11) is 0. The van der Waals surface area contributed by atoms with E-state index in [4.69, 9.17) is 0 Å². The van der Waals surface area contributed by atoms with Crippen LogP contribution in [0.4, 0.5) is 0 Å². The van der Waals surface area contributed by atoms with Gasteiger partial charge in [-0.2, -0.15) is 0 Å². The van der Waals surface area contributed by atoms with Crippen LogP contribution < -0.4 is 5.32 Å². The third-order valence-corrected chi connectivity index (χ3v) is 5.20. The van der Waals surface area contributed by atoms with E-state index in [1.165, 1.54) is 58.3 Å². The van der Waals surface area contributed by atoms with Gasteiger partial charge in [-0.1, -0.05) is 13.8 Å². The Labute approximate surface area is 107 Å². The zero-order valence-electron chi connectivity index (χ0n) is 12.0. The molecule has 2 heteroatoms. The van der Waals surface area contributed by atoms with Crippen LogP contribution in [0.5, 0.6) is 0 Å². The van der Waals surface area contributed by atoms with E-state index in [-0.39, 0.29) is 0 Å². The van der Waals surface area contributed by atoms with E-state index in [1.807, 2.05) is 0 Å². The predicted molar refractivity (Wildman–Crippen MR) is 74.3 cm³/mol. The fourth-order valence-corrected chi connectivity index (χ4v) is 3.61. The molecule has 0 spiro atoms. The molecular weight excluding hydrogens is 208 g/mol. The highest BCUT2D eigenvalue weighted by atomic mass is 15.2. The molecule has 0 amide bonds. The van der Waals surface area contributed by atoms with Crippen LogP contribution in [0.25, 0.3) is 0 Å². The molecule has 2 atom stereocenters. The molecule has 0 aromatic rings. The van der Waals surface area contributed by atoms with Gasteiger partial charge in [-0.05, 0) is 63.5 Å². The Morgan fingerprint density at radius 3 is 2.53 bits per heavy atom. The van der Waals surface area contributed by atoms with Crippen molar-refractivity contribution in [2.75, 3.05) is 26.2 Å². The van der Waals surface area contributed by atoms with E-state index in [1.54, 1.807) is 0 Å². The molecule has 2 nitrogen and oxygen atoms in total. The van der Waals surface area contributed by atoms with Crippen LogP contribution in [0.2, 0.25) is 0 Å². The molecule has 2 rings (SSSR count). The third-order valence-electron chi connectivity index (χ3n) is 5.20. The fraction of sp³-hybridized carbons (Fsp3) is 1.00. The van der Waals surface area contributed by atoms with Crippen molar-refractivity contribution in [2.24, 2.45) is 11.3 Å². The molecule has 100 valence electrons. The summed E-state index contributed by atoms with van der Waals surface area (Å²) in [5.74, 6) is 0.904. The lowest BCUT2D eigenvalue weighted by molar-refractivity contribution is 0.0466. The molecule has 0 aromatic carbocycles. The predicted octanol–water partition coefficient (Wildman–Crippen LogP) is 2.89. The Bertz CT molecular complexity index is 233. The van der Waals surface area contributed by atoms with E-state index >= 15 is 0 Å². The topological polar surface area (TPSA) is 15.3 Å². The van der Waals surface area contributed by atoms with Gasteiger partial charge >= 0.3 is 0 Å². The SMILES string of the molecule is CCC1(CN2CC(C)CCC2C)CCNCC1.